The van der Waals surface area contributed by atoms with Gasteiger partial charge in [-0.15, -0.1) is 0 Å². The van der Waals surface area contributed by atoms with Crippen LogP contribution in [0.5, 0.6) is 0 Å². The highest BCUT2D eigenvalue weighted by molar-refractivity contribution is 6.04. The molecule has 7 heteroatoms. The summed E-state index contributed by atoms with van der Waals surface area (Å²) in [5.41, 5.74) is -1.13. The van der Waals surface area contributed by atoms with E-state index in [0.29, 0.717) is 0 Å². The summed E-state index contributed by atoms with van der Waals surface area (Å²) in [6.07, 6.45) is 0. The first kappa shape index (κ1) is 14.2. The number of carbonyl (C=O) groups is 2. The molecule has 2 N–H and O–H groups in total. The Labute approximate surface area is 118 Å². The summed E-state index contributed by atoms with van der Waals surface area (Å²) in [7, 11) is 0. The number of carboxylic acid groups (broad SMARTS) is 2. The molecule has 0 spiro atoms. The average molecular weight is 287 g/mol. The lowest BCUT2D eigenvalue weighted by Gasteiger charge is -2.09. The first-order valence-corrected chi connectivity index (χ1v) is 5.77. The van der Waals surface area contributed by atoms with Gasteiger partial charge in [-0.25, -0.2) is 9.59 Å². The van der Waals surface area contributed by atoms with Crippen molar-refractivity contribution in [3.05, 3.63) is 63.7 Å². The normalized spacial score (nSPS) is 10.1. The zero-order chi connectivity index (χ0) is 15.6. The van der Waals surface area contributed by atoms with Crippen LogP contribution in [0.1, 0.15) is 20.7 Å². The third-order valence-corrected chi connectivity index (χ3v) is 2.90. The Morgan fingerprint density at radius 1 is 0.905 bits per heavy atom. The molecule has 0 aliphatic heterocycles. The maximum absolute atomic E-state index is 11.3. The molecule has 0 bridgehead atoms. The fourth-order valence-electron chi connectivity index (χ4n) is 2.05. The number of nitrogens with zero attached hydrogens (tertiary/aromatic N) is 1. The van der Waals surface area contributed by atoms with E-state index in [0.717, 1.165) is 6.07 Å². The van der Waals surface area contributed by atoms with Gasteiger partial charge in [-0.3, -0.25) is 10.1 Å². The lowest BCUT2D eigenvalue weighted by atomic mass is 9.94. The third kappa shape index (κ3) is 2.57. The van der Waals surface area contributed by atoms with E-state index in [2.05, 4.69) is 0 Å². The second-order valence-corrected chi connectivity index (χ2v) is 4.11. The predicted molar refractivity (Wildman–Crippen MR) is 72.5 cm³/mol. The smallest absolute Gasteiger partial charge is 0.343 e. The summed E-state index contributed by atoms with van der Waals surface area (Å²) in [6.45, 7) is 0. The van der Waals surface area contributed by atoms with Gasteiger partial charge in [0.25, 0.3) is 5.69 Å². The van der Waals surface area contributed by atoms with Crippen LogP contribution in [0, 0.1) is 10.1 Å². The van der Waals surface area contributed by atoms with E-state index in [9.17, 15) is 24.8 Å². The highest BCUT2D eigenvalue weighted by atomic mass is 16.6. The number of hydrogen-bond donors (Lipinski definition) is 2. The second kappa shape index (κ2) is 5.41. The Kier molecular flexibility index (Phi) is 3.66. The minimum atomic E-state index is -1.49. The minimum Gasteiger partial charge on any atom is -0.478 e. The van der Waals surface area contributed by atoms with Crippen LogP contribution in [0.3, 0.4) is 0 Å². The Hall–Kier alpha value is -3.22. The number of benzene rings is 2. The SMILES string of the molecule is O=C(O)c1ccccc1-c1cccc([N+](=O)[O-])c1C(=O)O. The van der Waals surface area contributed by atoms with Crippen molar-refractivity contribution < 1.29 is 24.7 Å². The van der Waals surface area contributed by atoms with Crippen molar-refractivity contribution in [2.24, 2.45) is 0 Å². The van der Waals surface area contributed by atoms with Crippen molar-refractivity contribution >= 4 is 17.6 Å². The molecule has 21 heavy (non-hydrogen) atoms. The highest BCUT2D eigenvalue weighted by Crippen LogP contribution is 2.32. The quantitative estimate of drug-likeness (QED) is 0.659. The lowest BCUT2D eigenvalue weighted by molar-refractivity contribution is -0.385. The maximum atomic E-state index is 11.3. The van der Waals surface area contributed by atoms with Gasteiger partial charge in [-0.2, -0.15) is 0 Å². The number of aromatic carboxylic acids is 2. The van der Waals surface area contributed by atoms with Crippen LogP contribution < -0.4 is 0 Å². The molecular weight excluding hydrogens is 278 g/mol. The summed E-state index contributed by atoms with van der Waals surface area (Å²) < 4.78 is 0. The molecule has 0 aromatic heterocycles. The predicted octanol–water partition coefficient (Wildman–Crippen LogP) is 2.66. The van der Waals surface area contributed by atoms with Crippen LogP contribution in [0.15, 0.2) is 42.5 Å². The van der Waals surface area contributed by atoms with Crippen LogP contribution in [0.25, 0.3) is 11.1 Å². The first-order valence-electron chi connectivity index (χ1n) is 5.77. The molecule has 7 nitrogen and oxygen atoms in total. The van der Waals surface area contributed by atoms with E-state index in [4.69, 9.17) is 5.11 Å². The van der Waals surface area contributed by atoms with Crippen LogP contribution in [0.4, 0.5) is 5.69 Å². The summed E-state index contributed by atoms with van der Waals surface area (Å²) in [5, 5.41) is 29.3. The third-order valence-electron chi connectivity index (χ3n) is 2.90. The fraction of sp³-hybridized carbons (Fsp3) is 0. The van der Waals surface area contributed by atoms with Gasteiger partial charge in [0, 0.05) is 11.6 Å². The highest BCUT2D eigenvalue weighted by Gasteiger charge is 2.26. The summed E-state index contributed by atoms with van der Waals surface area (Å²) >= 11 is 0. The van der Waals surface area contributed by atoms with Crippen LogP contribution in [-0.4, -0.2) is 27.1 Å². The number of hydrogen-bond acceptors (Lipinski definition) is 4. The number of carboxylic acids is 2. The Balaban J connectivity index is 2.82. The van der Waals surface area contributed by atoms with E-state index in [1.807, 2.05) is 0 Å². The monoisotopic (exact) mass is 287 g/mol. The van der Waals surface area contributed by atoms with E-state index < -0.39 is 28.1 Å². The van der Waals surface area contributed by atoms with E-state index >= 15 is 0 Å². The molecule has 2 aromatic carbocycles. The summed E-state index contributed by atoms with van der Waals surface area (Å²) in [6, 6.07) is 9.47. The van der Waals surface area contributed by atoms with Crippen molar-refractivity contribution in [3.8, 4) is 11.1 Å². The fourth-order valence-corrected chi connectivity index (χ4v) is 2.05. The Bertz CT molecular complexity index is 753. The Morgan fingerprint density at radius 3 is 2.10 bits per heavy atom. The van der Waals surface area contributed by atoms with E-state index in [1.54, 1.807) is 0 Å². The zero-order valence-electron chi connectivity index (χ0n) is 10.5. The van der Waals surface area contributed by atoms with Gasteiger partial charge in [-0.05, 0) is 11.6 Å². The molecular formula is C14H9NO6. The molecule has 0 aliphatic rings. The van der Waals surface area contributed by atoms with Crippen molar-refractivity contribution in [2.75, 3.05) is 0 Å². The zero-order valence-corrected chi connectivity index (χ0v) is 10.5. The molecule has 0 heterocycles. The standard InChI is InChI=1S/C14H9NO6/c16-13(17)10-5-2-1-4-8(10)9-6-3-7-11(15(20)21)12(9)14(18)19/h1-7H,(H,16,17)(H,18,19). The topological polar surface area (TPSA) is 118 Å². The van der Waals surface area contributed by atoms with Gasteiger partial charge in [0.15, 0.2) is 0 Å². The number of nitro benzene ring substituents is 1. The van der Waals surface area contributed by atoms with Crippen LogP contribution in [0.2, 0.25) is 0 Å². The van der Waals surface area contributed by atoms with Gasteiger partial charge in [0.2, 0.25) is 0 Å². The van der Waals surface area contributed by atoms with Crippen LogP contribution >= 0.6 is 0 Å². The van der Waals surface area contributed by atoms with Gasteiger partial charge >= 0.3 is 11.9 Å². The molecule has 106 valence electrons. The number of nitro groups is 1. The molecule has 0 fully saturated rings. The molecule has 0 unspecified atom stereocenters. The summed E-state index contributed by atoms with van der Waals surface area (Å²) in [5.74, 6) is -2.73. The van der Waals surface area contributed by atoms with Gasteiger partial charge in [-0.1, -0.05) is 30.3 Å². The molecule has 0 radical (unpaired) electrons. The van der Waals surface area contributed by atoms with Gasteiger partial charge in [0.05, 0.1) is 10.5 Å². The molecule has 0 aliphatic carbocycles. The molecule has 2 rings (SSSR count). The van der Waals surface area contributed by atoms with E-state index in [1.165, 1.54) is 36.4 Å². The van der Waals surface area contributed by atoms with Crippen molar-refractivity contribution in [3.63, 3.8) is 0 Å². The molecule has 2 aromatic rings. The summed E-state index contributed by atoms with van der Waals surface area (Å²) in [4.78, 5) is 32.7. The second-order valence-electron chi connectivity index (χ2n) is 4.11. The molecule has 0 saturated heterocycles. The van der Waals surface area contributed by atoms with Crippen molar-refractivity contribution in [1.29, 1.82) is 0 Å². The maximum Gasteiger partial charge on any atom is 0.343 e. The first-order chi connectivity index (χ1) is 9.93. The van der Waals surface area contributed by atoms with Gasteiger partial charge < -0.3 is 10.2 Å². The van der Waals surface area contributed by atoms with Crippen LogP contribution in [-0.2, 0) is 0 Å². The molecule has 0 amide bonds. The molecule has 0 atom stereocenters. The van der Waals surface area contributed by atoms with Gasteiger partial charge in [0.1, 0.15) is 5.56 Å². The largest absolute Gasteiger partial charge is 0.478 e. The van der Waals surface area contributed by atoms with Crippen molar-refractivity contribution in [2.45, 2.75) is 0 Å². The number of rotatable bonds is 4. The minimum absolute atomic E-state index is 0.00491. The molecule has 0 saturated carbocycles. The lowest BCUT2D eigenvalue weighted by Crippen LogP contribution is -2.07. The van der Waals surface area contributed by atoms with Crippen molar-refractivity contribution in [1.82, 2.24) is 0 Å². The average Bonchev–Trinajstić information content (AvgIpc) is 2.46. The van der Waals surface area contributed by atoms with E-state index in [-0.39, 0.29) is 16.7 Å². The Morgan fingerprint density at radius 2 is 1.52 bits per heavy atom.